The lowest BCUT2D eigenvalue weighted by Gasteiger charge is -2.10. The fourth-order valence-corrected chi connectivity index (χ4v) is 11.4. The number of fused-ring (bicyclic) bond motifs is 3. The van der Waals surface area contributed by atoms with Crippen molar-refractivity contribution in [2.45, 2.75) is 96.8 Å². The van der Waals surface area contributed by atoms with Gasteiger partial charge < -0.3 is 19.1 Å². The summed E-state index contributed by atoms with van der Waals surface area (Å²) < 4.78 is 20.1. The summed E-state index contributed by atoms with van der Waals surface area (Å²) in [7, 11) is -4.61. The van der Waals surface area contributed by atoms with Crippen LogP contribution in [0.2, 0.25) is 0 Å². The molecule has 0 amide bonds. The van der Waals surface area contributed by atoms with Crippen molar-refractivity contribution in [2.75, 3.05) is 6.61 Å². The number of hydrogen-bond acceptors (Lipinski definition) is 6. The molecule has 0 atom stereocenters. The third-order valence-electron chi connectivity index (χ3n) is 11.1. The molecule has 4 aromatic heterocycles. The van der Waals surface area contributed by atoms with E-state index in [2.05, 4.69) is 115 Å². The monoisotopic (exact) mass is 886 g/mol. The molecule has 4 heterocycles. The van der Waals surface area contributed by atoms with E-state index in [1.54, 1.807) is 34.8 Å². The van der Waals surface area contributed by atoms with Gasteiger partial charge in [-0.3, -0.25) is 4.57 Å². The molecular weight excluding hydrogens is 832 g/mol. The molecule has 61 heavy (non-hydrogen) atoms. The molecule has 10 heteroatoms. The van der Waals surface area contributed by atoms with Crippen molar-refractivity contribution in [3.8, 4) is 37.0 Å². The fourth-order valence-electron chi connectivity index (χ4n) is 7.78. The van der Waals surface area contributed by atoms with Gasteiger partial charge in [-0.05, 0) is 96.9 Å². The van der Waals surface area contributed by atoms with Crippen LogP contribution in [0.3, 0.4) is 0 Å². The zero-order valence-corrected chi connectivity index (χ0v) is 38.3. The topological polar surface area (TPSA) is 95.5 Å². The summed E-state index contributed by atoms with van der Waals surface area (Å²) in [5, 5.41) is 11.1. The number of ether oxygens (including phenoxy) is 1. The molecule has 0 aliphatic rings. The van der Waals surface area contributed by atoms with Gasteiger partial charge >= 0.3 is 7.60 Å². The van der Waals surface area contributed by atoms with Crippen LogP contribution in [0.1, 0.15) is 112 Å². The summed E-state index contributed by atoms with van der Waals surface area (Å²) in [6.45, 7) is 3.04. The quantitative estimate of drug-likeness (QED) is 0.0379. The van der Waals surface area contributed by atoms with Crippen molar-refractivity contribution < 1.29 is 19.1 Å². The molecule has 7 aromatic rings. The lowest BCUT2D eigenvalue weighted by Crippen LogP contribution is -1.98. The molecule has 0 aliphatic heterocycles. The van der Waals surface area contributed by atoms with Crippen LogP contribution in [0.4, 0.5) is 0 Å². The maximum atomic E-state index is 11.6. The Morgan fingerprint density at radius 2 is 1.20 bits per heavy atom. The molecule has 0 fully saturated rings. The van der Waals surface area contributed by atoms with Crippen LogP contribution in [0.25, 0.3) is 65.2 Å². The average Bonchev–Trinajstić information content (AvgIpc) is 4.09. The molecule has 0 aliphatic carbocycles. The van der Waals surface area contributed by atoms with Crippen LogP contribution < -0.4 is 4.74 Å². The third kappa shape index (κ3) is 12.1. The Balaban J connectivity index is 0.938. The van der Waals surface area contributed by atoms with E-state index in [1.807, 2.05) is 6.07 Å². The molecule has 3 aromatic carbocycles. The third-order valence-corrected chi connectivity index (χ3v) is 15.5. The fraction of sp³-hybridized carbons (Fsp3) is 0.314. The Bertz CT molecular complexity index is 2650. The molecule has 0 bridgehead atoms. The minimum absolute atomic E-state index is 0.532. The number of unbranched alkanes of at least 4 members (excludes halogenated alkanes) is 13. The van der Waals surface area contributed by atoms with Gasteiger partial charge in [0.25, 0.3) is 0 Å². The van der Waals surface area contributed by atoms with Gasteiger partial charge in [0.2, 0.25) is 0 Å². The summed E-state index contributed by atoms with van der Waals surface area (Å²) in [5.41, 5.74) is 4.57. The summed E-state index contributed by atoms with van der Waals surface area (Å²) in [4.78, 5) is 25.0. The number of aromatic nitrogens is 1. The lowest BCUT2D eigenvalue weighted by atomic mass is 10.0. The second kappa shape index (κ2) is 22.0. The van der Waals surface area contributed by atoms with Gasteiger partial charge in [-0.1, -0.05) is 127 Å². The molecule has 7 rings (SSSR count). The molecule has 0 unspecified atom stereocenters. The number of rotatable bonds is 23. The van der Waals surface area contributed by atoms with Crippen LogP contribution in [-0.2, 0) is 4.57 Å². The van der Waals surface area contributed by atoms with E-state index in [0.29, 0.717) is 4.88 Å². The van der Waals surface area contributed by atoms with E-state index in [1.165, 1.54) is 122 Å². The Morgan fingerprint density at radius 1 is 0.639 bits per heavy atom. The van der Waals surface area contributed by atoms with Gasteiger partial charge in [0.05, 0.1) is 17.6 Å². The summed E-state index contributed by atoms with van der Waals surface area (Å²) in [5.74, 6) is 0.918. The maximum Gasteiger partial charge on any atom is 0.366 e. The molecule has 0 spiro atoms. The van der Waals surface area contributed by atoms with E-state index in [-0.39, 0.29) is 0 Å². The zero-order chi connectivity index (χ0) is 42.4. The Hall–Kier alpha value is -4.52. The summed E-state index contributed by atoms with van der Waals surface area (Å²) in [6, 6.07) is 37.6. The highest BCUT2D eigenvalue weighted by molar-refractivity contribution is 7.57. The van der Waals surface area contributed by atoms with Crippen LogP contribution >= 0.6 is 41.6 Å². The van der Waals surface area contributed by atoms with Crippen molar-refractivity contribution >= 4 is 81.6 Å². The zero-order valence-electron chi connectivity index (χ0n) is 34.9. The van der Waals surface area contributed by atoms with E-state index < -0.39 is 12.9 Å². The highest BCUT2D eigenvalue weighted by Gasteiger charge is 2.21. The second-order valence-corrected chi connectivity index (χ2v) is 20.5. The van der Waals surface area contributed by atoms with Gasteiger partial charge in [0.1, 0.15) is 17.1 Å². The van der Waals surface area contributed by atoms with E-state index in [0.717, 1.165) is 55.1 Å². The highest BCUT2D eigenvalue weighted by atomic mass is 32.1. The Kier molecular flexibility index (Phi) is 16.1. The second-order valence-electron chi connectivity index (χ2n) is 15.7. The molecule has 0 radical (unpaired) electrons. The van der Waals surface area contributed by atoms with E-state index in [4.69, 9.17) is 4.74 Å². The number of nitrogens with zero attached hydrogens (tertiary/aromatic N) is 2. The molecular formula is C51H55N2O4PS3. The van der Waals surface area contributed by atoms with E-state index in [9.17, 15) is 19.6 Å². The normalized spacial score (nSPS) is 12.3. The number of thiophene rings is 3. The van der Waals surface area contributed by atoms with Crippen molar-refractivity contribution in [3.05, 3.63) is 124 Å². The minimum atomic E-state index is -4.61. The van der Waals surface area contributed by atoms with Gasteiger partial charge in [-0.15, -0.1) is 34.0 Å². The highest BCUT2D eigenvalue weighted by Crippen LogP contribution is 2.47. The minimum Gasteiger partial charge on any atom is -0.494 e. The molecule has 2 N–H and O–H groups in total. The Labute approximate surface area is 372 Å². The van der Waals surface area contributed by atoms with Crippen molar-refractivity contribution in [2.24, 2.45) is 0 Å². The first-order valence-corrected chi connectivity index (χ1v) is 25.8. The molecule has 0 saturated heterocycles. The van der Waals surface area contributed by atoms with E-state index >= 15 is 0 Å². The summed E-state index contributed by atoms with van der Waals surface area (Å²) >= 11 is 4.81. The molecule has 6 nitrogen and oxygen atoms in total. The summed E-state index contributed by atoms with van der Waals surface area (Å²) in [6.07, 6.45) is 24.6. The standard InChI is InChI=1S/C51H55N2O4PS3/c1-2-3-4-5-6-7-8-9-10-11-12-13-14-17-34-57-40-24-22-39(23-25-40)53-46-19-16-15-18-44(46)45-29-21-38(35-47(45)53)20-26-42-27-30-48(59-42)50-32-33-51(61-50)49-31-28-43(60-49)36-41(37-52)58(54,55)56/h15-16,18-33,35-36H,2-14,17,34H2,1H3,(H2,54,55,56)/b26-20+,41-36-. The van der Waals surface area contributed by atoms with Crippen LogP contribution in [0, 0.1) is 11.3 Å². The Morgan fingerprint density at radius 3 is 1.84 bits per heavy atom. The van der Waals surface area contributed by atoms with Crippen LogP contribution in [0.5, 0.6) is 5.75 Å². The van der Waals surface area contributed by atoms with Gasteiger partial charge in [0.15, 0.2) is 0 Å². The number of hydrogen-bond donors (Lipinski definition) is 2. The number of allylic oxidation sites excluding steroid dienone is 1. The van der Waals surface area contributed by atoms with Crippen molar-refractivity contribution in [1.82, 2.24) is 4.57 Å². The molecule has 0 saturated carbocycles. The first-order chi connectivity index (χ1) is 29.8. The smallest absolute Gasteiger partial charge is 0.366 e. The first-order valence-electron chi connectivity index (χ1n) is 21.7. The average molecular weight is 887 g/mol. The largest absolute Gasteiger partial charge is 0.494 e. The van der Waals surface area contributed by atoms with Gasteiger partial charge in [-0.2, -0.15) is 5.26 Å². The molecule has 316 valence electrons. The van der Waals surface area contributed by atoms with Gasteiger partial charge in [-0.25, -0.2) is 0 Å². The van der Waals surface area contributed by atoms with Crippen molar-refractivity contribution in [3.63, 3.8) is 0 Å². The maximum absolute atomic E-state index is 11.6. The number of para-hydroxylation sites is 1. The van der Waals surface area contributed by atoms with Gasteiger partial charge in [0, 0.05) is 45.7 Å². The van der Waals surface area contributed by atoms with Crippen molar-refractivity contribution in [1.29, 1.82) is 5.26 Å². The predicted octanol–water partition coefficient (Wildman–Crippen LogP) is 16.4. The number of nitriles is 1. The SMILES string of the molecule is CCCCCCCCCCCCCCCCOc1ccc(-n2c3ccccc3c3ccc(/C=C/c4ccc(-c5ccc(-c6ccc(/C=C(/C#N)P(=O)(O)O)s6)s5)s4)cc32)cc1. The number of benzene rings is 3. The van der Waals surface area contributed by atoms with Crippen LogP contribution in [-0.4, -0.2) is 21.0 Å². The lowest BCUT2D eigenvalue weighted by molar-refractivity contribution is 0.304. The predicted molar refractivity (Wildman–Crippen MR) is 262 cm³/mol. The first kappa shape index (κ1) is 44.5. The van der Waals surface area contributed by atoms with Crippen LogP contribution in [0.15, 0.2) is 108 Å².